The van der Waals surface area contributed by atoms with E-state index in [0.717, 1.165) is 18.9 Å². The van der Waals surface area contributed by atoms with Gasteiger partial charge in [0, 0.05) is 18.7 Å². The lowest BCUT2D eigenvalue weighted by molar-refractivity contribution is -0.384. The SMILES string of the molecule is CC1CCCN1S(=O)(=O)c1ccc(Cl)c([N+](=O)[O-])c1. The lowest BCUT2D eigenvalue weighted by Crippen LogP contribution is -2.33. The molecule has 1 saturated heterocycles. The van der Waals surface area contributed by atoms with Gasteiger partial charge in [-0.1, -0.05) is 11.6 Å². The van der Waals surface area contributed by atoms with E-state index in [1.54, 1.807) is 0 Å². The molecule has 0 radical (unpaired) electrons. The Hall–Kier alpha value is -1.18. The van der Waals surface area contributed by atoms with E-state index in [2.05, 4.69) is 0 Å². The zero-order valence-electron chi connectivity index (χ0n) is 10.2. The molecule has 1 aliphatic rings. The second-order valence-electron chi connectivity index (χ2n) is 4.48. The monoisotopic (exact) mass is 304 g/mol. The molecule has 1 fully saturated rings. The van der Waals surface area contributed by atoms with Crippen molar-refractivity contribution in [3.05, 3.63) is 33.3 Å². The second kappa shape index (κ2) is 5.07. The van der Waals surface area contributed by atoms with Gasteiger partial charge in [-0.3, -0.25) is 10.1 Å². The number of rotatable bonds is 3. The molecule has 0 aliphatic carbocycles. The molecule has 19 heavy (non-hydrogen) atoms. The molecule has 104 valence electrons. The van der Waals surface area contributed by atoms with Crippen LogP contribution in [0.5, 0.6) is 0 Å². The minimum atomic E-state index is -3.69. The van der Waals surface area contributed by atoms with Crippen LogP contribution in [-0.2, 0) is 10.0 Å². The van der Waals surface area contributed by atoms with Gasteiger partial charge in [-0.05, 0) is 31.9 Å². The normalized spacial score (nSPS) is 20.6. The summed E-state index contributed by atoms with van der Waals surface area (Å²) in [6, 6.07) is 3.48. The van der Waals surface area contributed by atoms with Crippen molar-refractivity contribution >= 4 is 27.3 Å². The van der Waals surface area contributed by atoms with Gasteiger partial charge < -0.3 is 0 Å². The van der Waals surface area contributed by atoms with E-state index in [4.69, 9.17) is 11.6 Å². The third-order valence-corrected chi connectivity index (χ3v) is 5.54. The van der Waals surface area contributed by atoms with E-state index >= 15 is 0 Å². The minimum absolute atomic E-state index is 0.0709. The predicted octanol–water partition coefficient (Wildman–Crippen LogP) is 2.42. The molecule has 1 aromatic rings. The standard InChI is InChI=1S/C11H13ClN2O4S/c1-8-3-2-6-13(8)19(17,18)9-4-5-10(12)11(7-9)14(15)16/h4-5,7-8H,2-3,6H2,1H3. The number of halogens is 1. The summed E-state index contributed by atoms with van der Waals surface area (Å²) in [5.74, 6) is 0. The fourth-order valence-electron chi connectivity index (χ4n) is 2.19. The number of hydrogen-bond donors (Lipinski definition) is 0. The molecule has 0 N–H and O–H groups in total. The zero-order chi connectivity index (χ0) is 14.2. The average Bonchev–Trinajstić information content (AvgIpc) is 2.76. The first-order valence-electron chi connectivity index (χ1n) is 5.80. The fourth-order valence-corrected chi connectivity index (χ4v) is 4.10. The number of nitro groups is 1. The lowest BCUT2D eigenvalue weighted by atomic mass is 10.3. The Balaban J connectivity index is 2.46. The Morgan fingerprint density at radius 1 is 1.47 bits per heavy atom. The maximum Gasteiger partial charge on any atom is 0.289 e. The molecular weight excluding hydrogens is 292 g/mol. The largest absolute Gasteiger partial charge is 0.289 e. The number of hydrogen-bond acceptors (Lipinski definition) is 4. The van der Waals surface area contributed by atoms with Gasteiger partial charge >= 0.3 is 0 Å². The van der Waals surface area contributed by atoms with Crippen LogP contribution in [0.1, 0.15) is 19.8 Å². The molecule has 1 unspecified atom stereocenters. The van der Waals surface area contributed by atoms with Crippen LogP contribution in [0.15, 0.2) is 23.1 Å². The van der Waals surface area contributed by atoms with Gasteiger partial charge in [0.05, 0.1) is 9.82 Å². The number of nitro benzene ring substituents is 1. The fraction of sp³-hybridized carbons (Fsp3) is 0.455. The molecule has 0 spiro atoms. The first-order valence-corrected chi connectivity index (χ1v) is 7.61. The molecule has 0 saturated carbocycles. The van der Waals surface area contributed by atoms with E-state index in [1.807, 2.05) is 6.92 Å². The predicted molar refractivity (Wildman–Crippen MR) is 70.7 cm³/mol. The van der Waals surface area contributed by atoms with Gasteiger partial charge in [-0.25, -0.2) is 8.42 Å². The summed E-state index contributed by atoms with van der Waals surface area (Å²) in [7, 11) is -3.69. The van der Waals surface area contributed by atoms with Crippen LogP contribution >= 0.6 is 11.6 Å². The Bertz CT molecular complexity index is 617. The van der Waals surface area contributed by atoms with Gasteiger partial charge in [0.2, 0.25) is 10.0 Å². The van der Waals surface area contributed by atoms with Crippen molar-refractivity contribution in [2.45, 2.75) is 30.7 Å². The quantitative estimate of drug-likeness (QED) is 0.634. The molecule has 0 bridgehead atoms. The number of nitrogens with zero attached hydrogens (tertiary/aromatic N) is 2. The Kier molecular flexibility index (Phi) is 3.80. The van der Waals surface area contributed by atoms with Crippen molar-refractivity contribution in [3.8, 4) is 0 Å². The first-order chi connectivity index (χ1) is 8.84. The van der Waals surface area contributed by atoms with Gasteiger partial charge in [-0.2, -0.15) is 4.31 Å². The summed E-state index contributed by atoms with van der Waals surface area (Å²) >= 11 is 5.68. The van der Waals surface area contributed by atoms with Gasteiger partial charge in [0.1, 0.15) is 5.02 Å². The van der Waals surface area contributed by atoms with Gasteiger partial charge in [-0.15, -0.1) is 0 Å². The summed E-state index contributed by atoms with van der Waals surface area (Å²) in [6.07, 6.45) is 1.60. The van der Waals surface area contributed by atoms with E-state index in [0.29, 0.717) is 6.54 Å². The van der Waals surface area contributed by atoms with Crippen LogP contribution in [0.2, 0.25) is 5.02 Å². The maximum absolute atomic E-state index is 12.4. The summed E-state index contributed by atoms with van der Waals surface area (Å²) in [4.78, 5) is 10.0. The highest BCUT2D eigenvalue weighted by molar-refractivity contribution is 7.89. The molecule has 2 rings (SSSR count). The average molecular weight is 305 g/mol. The topological polar surface area (TPSA) is 80.5 Å². The summed E-state index contributed by atoms with van der Waals surface area (Å²) in [5, 5.41) is 10.7. The summed E-state index contributed by atoms with van der Waals surface area (Å²) < 4.78 is 26.2. The molecular formula is C11H13ClN2O4S. The van der Waals surface area contributed by atoms with Crippen molar-refractivity contribution in [2.75, 3.05) is 6.54 Å². The van der Waals surface area contributed by atoms with Crippen molar-refractivity contribution in [3.63, 3.8) is 0 Å². The van der Waals surface area contributed by atoms with Crippen molar-refractivity contribution in [1.29, 1.82) is 0 Å². The van der Waals surface area contributed by atoms with Crippen LogP contribution in [0.25, 0.3) is 0 Å². The molecule has 1 aromatic carbocycles. The highest BCUT2D eigenvalue weighted by Gasteiger charge is 2.33. The van der Waals surface area contributed by atoms with Crippen LogP contribution in [-0.4, -0.2) is 30.2 Å². The summed E-state index contributed by atoms with van der Waals surface area (Å²) in [6.45, 7) is 2.27. The third-order valence-electron chi connectivity index (χ3n) is 3.21. The molecule has 8 heteroatoms. The summed E-state index contributed by atoms with van der Waals surface area (Å²) in [5.41, 5.74) is -0.394. The van der Waals surface area contributed by atoms with E-state index in [-0.39, 0.29) is 16.0 Å². The molecule has 0 amide bonds. The highest BCUT2D eigenvalue weighted by Crippen LogP contribution is 2.31. The lowest BCUT2D eigenvalue weighted by Gasteiger charge is -2.20. The van der Waals surface area contributed by atoms with E-state index < -0.39 is 20.6 Å². The minimum Gasteiger partial charge on any atom is -0.258 e. The van der Waals surface area contributed by atoms with Crippen LogP contribution in [0.4, 0.5) is 5.69 Å². The van der Waals surface area contributed by atoms with Gasteiger partial charge in [0.15, 0.2) is 0 Å². The Labute approximate surface area is 116 Å². The van der Waals surface area contributed by atoms with Crippen molar-refractivity contribution in [1.82, 2.24) is 4.31 Å². The Morgan fingerprint density at radius 3 is 2.68 bits per heavy atom. The molecule has 1 aliphatic heterocycles. The van der Waals surface area contributed by atoms with Crippen LogP contribution in [0, 0.1) is 10.1 Å². The van der Waals surface area contributed by atoms with E-state index in [9.17, 15) is 18.5 Å². The van der Waals surface area contributed by atoms with Crippen LogP contribution in [0.3, 0.4) is 0 Å². The Morgan fingerprint density at radius 2 is 2.16 bits per heavy atom. The molecule has 1 heterocycles. The number of sulfonamides is 1. The third kappa shape index (κ3) is 2.58. The first kappa shape index (κ1) is 14.2. The molecule has 6 nitrogen and oxygen atoms in total. The highest BCUT2D eigenvalue weighted by atomic mass is 35.5. The smallest absolute Gasteiger partial charge is 0.258 e. The van der Waals surface area contributed by atoms with Crippen molar-refractivity contribution < 1.29 is 13.3 Å². The molecule has 0 aromatic heterocycles. The zero-order valence-corrected chi connectivity index (χ0v) is 11.8. The van der Waals surface area contributed by atoms with Gasteiger partial charge in [0.25, 0.3) is 5.69 Å². The maximum atomic E-state index is 12.4. The van der Waals surface area contributed by atoms with Crippen LogP contribution < -0.4 is 0 Å². The van der Waals surface area contributed by atoms with E-state index in [1.165, 1.54) is 16.4 Å². The van der Waals surface area contributed by atoms with Crippen molar-refractivity contribution in [2.24, 2.45) is 0 Å². The molecule has 1 atom stereocenters. The number of benzene rings is 1. The second-order valence-corrected chi connectivity index (χ2v) is 6.78.